The van der Waals surface area contributed by atoms with Crippen molar-refractivity contribution in [3.63, 3.8) is 0 Å². The van der Waals surface area contributed by atoms with Gasteiger partial charge >= 0.3 is 0 Å². The summed E-state index contributed by atoms with van der Waals surface area (Å²) in [6, 6.07) is 8.60. The van der Waals surface area contributed by atoms with Crippen LogP contribution in [0.5, 0.6) is 0 Å². The number of ketones is 1. The first-order valence-corrected chi connectivity index (χ1v) is 7.02. The lowest BCUT2D eigenvalue weighted by Crippen LogP contribution is -2.07. The largest absolute Gasteiger partial charge is 0.295 e. The van der Waals surface area contributed by atoms with Crippen molar-refractivity contribution < 1.29 is 4.79 Å². The van der Waals surface area contributed by atoms with E-state index in [0.29, 0.717) is 5.78 Å². The maximum absolute atomic E-state index is 11.6. The lowest BCUT2D eigenvalue weighted by molar-refractivity contribution is -0.115. The SMILES string of the molecule is CCc1cccc(SC2=C(C)C(=O)CCC2)c1. The van der Waals surface area contributed by atoms with Gasteiger partial charge in [-0.05, 0) is 48.8 Å². The van der Waals surface area contributed by atoms with E-state index in [1.165, 1.54) is 15.4 Å². The number of hydrogen-bond acceptors (Lipinski definition) is 2. The fourth-order valence-corrected chi connectivity index (χ4v) is 3.19. The zero-order valence-corrected chi connectivity index (χ0v) is 11.3. The van der Waals surface area contributed by atoms with Crippen LogP contribution in [0.4, 0.5) is 0 Å². The summed E-state index contributed by atoms with van der Waals surface area (Å²) in [4.78, 5) is 14.2. The van der Waals surface area contributed by atoms with E-state index < -0.39 is 0 Å². The van der Waals surface area contributed by atoms with E-state index in [9.17, 15) is 4.79 Å². The Morgan fingerprint density at radius 2 is 2.12 bits per heavy atom. The second kappa shape index (κ2) is 5.54. The summed E-state index contributed by atoms with van der Waals surface area (Å²) in [5.41, 5.74) is 2.33. The van der Waals surface area contributed by atoms with Gasteiger partial charge in [0.05, 0.1) is 0 Å². The molecule has 1 nitrogen and oxygen atoms in total. The van der Waals surface area contributed by atoms with E-state index in [1.54, 1.807) is 11.8 Å². The van der Waals surface area contributed by atoms with Crippen molar-refractivity contribution in [3.8, 4) is 0 Å². The van der Waals surface area contributed by atoms with E-state index in [4.69, 9.17) is 0 Å². The summed E-state index contributed by atoms with van der Waals surface area (Å²) in [6.07, 6.45) is 3.85. The minimum absolute atomic E-state index is 0.324. The smallest absolute Gasteiger partial charge is 0.159 e. The molecule has 1 aliphatic rings. The molecule has 2 heteroatoms. The monoisotopic (exact) mass is 246 g/mol. The third-order valence-electron chi connectivity index (χ3n) is 3.19. The van der Waals surface area contributed by atoms with E-state index in [-0.39, 0.29) is 0 Å². The summed E-state index contributed by atoms with van der Waals surface area (Å²) >= 11 is 1.76. The van der Waals surface area contributed by atoms with Crippen molar-refractivity contribution in [1.29, 1.82) is 0 Å². The normalized spacial score (nSPS) is 16.5. The molecule has 0 saturated heterocycles. The second-order valence-corrected chi connectivity index (χ2v) is 5.60. The lowest BCUT2D eigenvalue weighted by Gasteiger charge is -2.16. The van der Waals surface area contributed by atoms with Crippen molar-refractivity contribution in [2.75, 3.05) is 0 Å². The number of carbonyl (C=O) groups is 1. The van der Waals surface area contributed by atoms with E-state index in [2.05, 4.69) is 31.2 Å². The molecule has 0 N–H and O–H groups in total. The topological polar surface area (TPSA) is 17.1 Å². The van der Waals surface area contributed by atoms with Crippen LogP contribution >= 0.6 is 11.8 Å². The lowest BCUT2D eigenvalue weighted by atomic mass is 9.99. The third-order valence-corrected chi connectivity index (χ3v) is 4.44. The van der Waals surface area contributed by atoms with Gasteiger partial charge < -0.3 is 0 Å². The first kappa shape index (κ1) is 12.4. The number of allylic oxidation sites excluding steroid dienone is 2. The predicted molar refractivity (Wildman–Crippen MR) is 73.2 cm³/mol. The van der Waals surface area contributed by atoms with Gasteiger partial charge in [-0.3, -0.25) is 4.79 Å². The number of aryl methyl sites for hydroxylation is 1. The van der Waals surface area contributed by atoms with E-state index >= 15 is 0 Å². The van der Waals surface area contributed by atoms with Gasteiger partial charge in [0.2, 0.25) is 0 Å². The number of benzene rings is 1. The Bertz CT molecular complexity index is 460. The van der Waals surface area contributed by atoms with Crippen molar-refractivity contribution >= 4 is 17.5 Å². The predicted octanol–water partition coefficient (Wildman–Crippen LogP) is 4.37. The van der Waals surface area contributed by atoms with Gasteiger partial charge in [-0.25, -0.2) is 0 Å². The zero-order chi connectivity index (χ0) is 12.3. The van der Waals surface area contributed by atoms with Gasteiger partial charge in [0.1, 0.15) is 0 Å². The molecule has 1 aliphatic carbocycles. The minimum Gasteiger partial charge on any atom is -0.295 e. The molecular formula is C15H18OS. The van der Waals surface area contributed by atoms with Crippen molar-refractivity contribution in [2.45, 2.75) is 44.4 Å². The molecule has 0 atom stereocenters. The van der Waals surface area contributed by atoms with Crippen LogP contribution in [0.15, 0.2) is 39.6 Å². The fraction of sp³-hybridized carbons (Fsp3) is 0.400. The Kier molecular flexibility index (Phi) is 4.06. The summed E-state index contributed by atoms with van der Waals surface area (Å²) in [5.74, 6) is 0.324. The average Bonchev–Trinajstić information content (AvgIpc) is 2.35. The minimum atomic E-state index is 0.324. The van der Waals surface area contributed by atoms with Crippen LogP contribution in [0.2, 0.25) is 0 Å². The molecule has 0 amide bonds. The highest BCUT2D eigenvalue weighted by Crippen LogP contribution is 2.36. The standard InChI is InChI=1S/C15H18OS/c1-3-12-6-4-7-13(10-12)17-15-9-5-8-14(16)11(15)2/h4,6-7,10H,3,5,8-9H2,1-2H3. The molecule has 0 radical (unpaired) electrons. The fourth-order valence-electron chi connectivity index (χ4n) is 2.04. The first-order valence-electron chi connectivity index (χ1n) is 6.20. The van der Waals surface area contributed by atoms with Crippen molar-refractivity contribution in [3.05, 3.63) is 40.3 Å². The summed E-state index contributed by atoms with van der Waals surface area (Å²) in [7, 11) is 0. The molecule has 0 aliphatic heterocycles. The first-order chi connectivity index (χ1) is 8.20. The van der Waals surface area contributed by atoms with Crippen LogP contribution < -0.4 is 0 Å². The third kappa shape index (κ3) is 3.01. The Hall–Kier alpha value is -1.02. The van der Waals surface area contributed by atoms with E-state index in [0.717, 1.165) is 31.3 Å². The van der Waals surface area contributed by atoms with Gasteiger partial charge in [-0.1, -0.05) is 30.8 Å². The van der Waals surface area contributed by atoms with Gasteiger partial charge in [-0.15, -0.1) is 0 Å². The molecule has 0 saturated carbocycles. The second-order valence-electron chi connectivity index (χ2n) is 4.43. The molecule has 2 rings (SSSR count). The Balaban J connectivity index is 2.20. The average molecular weight is 246 g/mol. The number of hydrogen-bond donors (Lipinski definition) is 0. The summed E-state index contributed by atoms with van der Waals surface area (Å²) in [5, 5.41) is 0. The number of rotatable bonds is 3. The molecular weight excluding hydrogens is 228 g/mol. The molecule has 90 valence electrons. The highest BCUT2D eigenvalue weighted by molar-refractivity contribution is 8.03. The summed E-state index contributed by atoms with van der Waals surface area (Å²) in [6.45, 7) is 4.13. The number of thioether (sulfide) groups is 1. The molecule has 0 unspecified atom stereocenters. The quantitative estimate of drug-likeness (QED) is 0.788. The molecule has 1 aromatic carbocycles. The van der Waals surface area contributed by atoms with Crippen LogP contribution in [0.25, 0.3) is 0 Å². The molecule has 0 aromatic heterocycles. The molecule has 1 aromatic rings. The van der Waals surface area contributed by atoms with E-state index in [1.807, 2.05) is 6.92 Å². The highest BCUT2D eigenvalue weighted by Gasteiger charge is 2.17. The zero-order valence-electron chi connectivity index (χ0n) is 10.5. The maximum Gasteiger partial charge on any atom is 0.159 e. The molecule has 0 heterocycles. The highest BCUT2D eigenvalue weighted by atomic mass is 32.2. The number of carbonyl (C=O) groups excluding carboxylic acids is 1. The summed E-state index contributed by atoms with van der Waals surface area (Å²) < 4.78 is 0. The van der Waals surface area contributed by atoms with Gasteiger partial charge in [0.15, 0.2) is 5.78 Å². The van der Waals surface area contributed by atoms with Crippen LogP contribution in [-0.2, 0) is 11.2 Å². The Morgan fingerprint density at radius 1 is 1.29 bits per heavy atom. The molecule has 0 spiro atoms. The van der Waals surface area contributed by atoms with Gasteiger partial charge in [-0.2, -0.15) is 0 Å². The molecule has 0 fully saturated rings. The van der Waals surface area contributed by atoms with Gasteiger partial charge in [0.25, 0.3) is 0 Å². The Morgan fingerprint density at radius 3 is 2.88 bits per heavy atom. The van der Waals surface area contributed by atoms with Crippen LogP contribution in [-0.4, -0.2) is 5.78 Å². The molecule has 17 heavy (non-hydrogen) atoms. The maximum atomic E-state index is 11.6. The Labute approximate surface area is 107 Å². The number of Topliss-reactive ketones (excluding diaryl/α,β-unsaturated/α-hetero) is 1. The molecule has 0 bridgehead atoms. The van der Waals surface area contributed by atoms with Crippen molar-refractivity contribution in [2.24, 2.45) is 0 Å². The van der Waals surface area contributed by atoms with Crippen LogP contribution in [0, 0.1) is 0 Å². The van der Waals surface area contributed by atoms with Crippen LogP contribution in [0.1, 0.15) is 38.7 Å². The van der Waals surface area contributed by atoms with Crippen LogP contribution in [0.3, 0.4) is 0 Å². The van der Waals surface area contributed by atoms with Crippen molar-refractivity contribution in [1.82, 2.24) is 0 Å². The van der Waals surface area contributed by atoms with Gasteiger partial charge in [0, 0.05) is 16.9 Å².